The van der Waals surface area contributed by atoms with E-state index in [-0.39, 0.29) is 0 Å². The van der Waals surface area contributed by atoms with Gasteiger partial charge in [-0.25, -0.2) is 0 Å². The third kappa shape index (κ3) is 5.48. The van der Waals surface area contributed by atoms with Gasteiger partial charge in [0.1, 0.15) is 0 Å². The zero-order chi connectivity index (χ0) is 6.24. The Kier molecular flexibility index (Phi) is 6.05. The molecular formula is C6H8OSi. The lowest BCUT2D eigenvalue weighted by Gasteiger charge is -1.83. The Morgan fingerprint density at radius 3 is 3.12 bits per heavy atom. The molecule has 0 saturated heterocycles. The first-order valence-electron chi connectivity index (χ1n) is 2.27. The zero-order valence-electron chi connectivity index (χ0n) is 4.85. The zero-order valence-corrected chi connectivity index (χ0v) is 5.85. The fourth-order valence-electron chi connectivity index (χ4n) is 0.251. The fraction of sp³-hybridized carbons (Fsp3) is 0.333. The second-order valence-corrected chi connectivity index (χ2v) is 2.06. The molecular weight excluding hydrogens is 116 g/mol. The highest BCUT2D eigenvalue weighted by atomic mass is 28.2. The Morgan fingerprint density at radius 2 is 2.62 bits per heavy atom. The second-order valence-electron chi connectivity index (χ2n) is 1.15. The van der Waals surface area contributed by atoms with Crippen molar-refractivity contribution in [2.75, 3.05) is 13.7 Å². The maximum absolute atomic E-state index is 4.98. The van der Waals surface area contributed by atoms with Gasteiger partial charge in [-0.05, 0) is 0 Å². The quantitative estimate of drug-likeness (QED) is 0.392. The molecule has 0 aromatic rings. The summed E-state index contributed by atoms with van der Waals surface area (Å²) in [6, 6.07) is 0. The summed E-state index contributed by atoms with van der Waals surface area (Å²) >= 11 is 0. The van der Waals surface area contributed by atoms with Crippen LogP contribution in [-0.2, 0) is 4.74 Å². The lowest BCUT2D eigenvalue weighted by Crippen LogP contribution is -1.82. The highest BCUT2D eigenvalue weighted by Crippen LogP contribution is 1.69. The van der Waals surface area contributed by atoms with Gasteiger partial charge in [-0.15, -0.1) is 12.0 Å². The van der Waals surface area contributed by atoms with Crippen molar-refractivity contribution in [3.63, 3.8) is 0 Å². The Morgan fingerprint density at radius 1 is 1.88 bits per heavy atom. The van der Waals surface area contributed by atoms with Crippen molar-refractivity contribution in [2.24, 2.45) is 0 Å². The molecule has 2 radical (unpaired) electrons. The van der Waals surface area contributed by atoms with Crippen LogP contribution in [0.3, 0.4) is 0 Å². The van der Waals surface area contributed by atoms with Gasteiger partial charge in [-0.3, -0.25) is 0 Å². The normalized spacial score (nSPS) is 9.50. The van der Waals surface area contributed by atoms with Crippen LogP contribution in [0, 0.1) is 12.0 Å². The van der Waals surface area contributed by atoms with E-state index >= 15 is 0 Å². The van der Waals surface area contributed by atoms with Crippen LogP contribution in [-0.4, -0.2) is 23.2 Å². The summed E-state index contributed by atoms with van der Waals surface area (Å²) in [4.78, 5) is 0. The van der Waals surface area contributed by atoms with Crippen LogP contribution in [0.15, 0.2) is 11.8 Å². The van der Waals surface area contributed by atoms with Crippen LogP contribution in [0.25, 0.3) is 0 Å². The van der Waals surface area contributed by atoms with E-state index in [1.807, 2.05) is 11.8 Å². The van der Waals surface area contributed by atoms with Crippen molar-refractivity contribution >= 4 is 9.52 Å². The van der Waals surface area contributed by atoms with Gasteiger partial charge in [0.15, 0.2) is 9.52 Å². The molecule has 2 heteroatoms. The monoisotopic (exact) mass is 124 g/mol. The average molecular weight is 124 g/mol. The smallest absolute Gasteiger partial charge is 0.177 e. The molecule has 0 rings (SSSR count). The van der Waals surface area contributed by atoms with E-state index in [1.54, 1.807) is 7.11 Å². The van der Waals surface area contributed by atoms with Gasteiger partial charge in [0.25, 0.3) is 0 Å². The van der Waals surface area contributed by atoms with Gasteiger partial charge in [-0.1, -0.05) is 11.8 Å². The lowest BCUT2D eigenvalue weighted by atomic mass is 10.7. The van der Waals surface area contributed by atoms with Crippen LogP contribution in [0.4, 0.5) is 0 Å². The average Bonchev–Trinajstić information content (AvgIpc) is 1.81. The summed E-state index contributed by atoms with van der Waals surface area (Å²) in [7, 11) is 2.15. The van der Waals surface area contributed by atoms with Crippen LogP contribution in [0.2, 0.25) is 0 Å². The molecule has 0 amide bonds. The second kappa shape index (κ2) is 6.48. The molecule has 0 aliphatic heterocycles. The van der Waals surface area contributed by atoms with Crippen molar-refractivity contribution in [3.8, 4) is 12.0 Å². The summed E-state index contributed by atoms with van der Waals surface area (Å²) in [5.74, 6) is 0. The lowest BCUT2D eigenvalue weighted by molar-refractivity contribution is 0.234. The summed E-state index contributed by atoms with van der Waals surface area (Å²) in [6.07, 6.45) is 6.90. The minimum atomic E-state index is 0.492. The van der Waals surface area contributed by atoms with E-state index in [0.717, 1.165) is 0 Å². The Bertz CT molecular complexity index is 102. The van der Waals surface area contributed by atoms with Crippen molar-refractivity contribution in [1.82, 2.24) is 0 Å². The topological polar surface area (TPSA) is 9.23 Å². The van der Waals surface area contributed by atoms with Gasteiger partial charge < -0.3 is 4.74 Å². The third-order valence-electron chi connectivity index (χ3n) is 0.547. The molecule has 0 N–H and O–H groups in total. The van der Waals surface area contributed by atoms with Gasteiger partial charge >= 0.3 is 0 Å². The third-order valence-corrected chi connectivity index (χ3v) is 1.12. The molecule has 0 aromatic carbocycles. The van der Waals surface area contributed by atoms with Gasteiger partial charge in [0.05, 0.1) is 6.61 Å². The molecule has 0 aliphatic rings. The predicted octanol–water partition coefficient (Wildman–Crippen LogP) is 0.441. The predicted molar refractivity (Wildman–Crippen MR) is 35.6 cm³/mol. The van der Waals surface area contributed by atoms with Gasteiger partial charge in [0.2, 0.25) is 0 Å². The van der Waals surface area contributed by atoms with E-state index in [9.17, 15) is 0 Å². The molecule has 0 fully saturated rings. The maximum Gasteiger partial charge on any atom is 0.177 e. The molecule has 1 nitrogen and oxygen atoms in total. The standard InChI is InChI=1S/C6H8OSi/c1-3-8-6-4-5-7-2/h1,4,6H,5H2,2H3. The number of methoxy groups -OCH3 is 1. The van der Waals surface area contributed by atoms with Crippen molar-refractivity contribution in [3.05, 3.63) is 11.8 Å². The molecule has 0 aliphatic carbocycles. The van der Waals surface area contributed by atoms with E-state index < -0.39 is 0 Å². The van der Waals surface area contributed by atoms with E-state index in [2.05, 4.69) is 5.54 Å². The molecule has 0 spiro atoms. The molecule has 0 saturated carbocycles. The Balaban J connectivity index is 2.98. The number of rotatable bonds is 3. The summed E-state index contributed by atoms with van der Waals surface area (Å²) in [5, 5.41) is 0. The first kappa shape index (κ1) is 7.48. The van der Waals surface area contributed by atoms with Gasteiger partial charge in [-0.2, -0.15) is 0 Å². The maximum atomic E-state index is 4.98. The molecule has 0 bridgehead atoms. The number of terminal acetylenes is 1. The molecule has 0 aromatic heterocycles. The molecule has 0 unspecified atom stereocenters. The highest BCUT2D eigenvalue weighted by Gasteiger charge is 1.70. The van der Waals surface area contributed by atoms with E-state index in [0.29, 0.717) is 16.1 Å². The van der Waals surface area contributed by atoms with Crippen molar-refractivity contribution in [2.45, 2.75) is 0 Å². The van der Waals surface area contributed by atoms with Crippen molar-refractivity contribution in [1.29, 1.82) is 0 Å². The van der Waals surface area contributed by atoms with Gasteiger partial charge in [0, 0.05) is 7.11 Å². The minimum Gasteiger partial charge on any atom is -0.381 e. The molecule has 8 heavy (non-hydrogen) atoms. The van der Waals surface area contributed by atoms with Crippen LogP contribution >= 0.6 is 0 Å². The van der Waals surface area contributed by atoms with E-state index in [4.69, 9.17) is 11.2 Å². The Labute approximate surface area is 52.6 Å². The van der Waals surface area contributed by atoms with Crippen LogP contribution < -0.4 is 0 Å². The van der Waals surface area contributed by atoms with Crippen molar-refractivity contribution < 1.29 is 4.74 Å². The molecule has 0 heterocycles. The first-order valence-corrected chi connectivity index (χ1v) is 3.34. The molecule has 42 valence electrons. The highest BCUT2D eigenvalue weighted by molar-refractivity contribution is 6.51. The van der Waals surface area contributed by atoms with Crippen LogP contribution in [0.5, 0.6) is 0 Å². The summed E-state index contributed by atoms with van der Waals surface area (Å²) in [6.45, 7) is 0.661. The summed E-state index contributed by atoms with van der Waals surface area (Å²) in [5.41, 5.74) is 4.45. The number of hydrogen-bond donors (Lipinski definition) is 0. The fourth-order valence-corrected chi connectivity index (χ4v) is 0.562. The Hall–Kier alpha value is -0.523. The minimum absolute atomic E-state index is 0.492. The largest absolute Gasteiger partial charge is 0.381 e. The van der Waals surface area contributed by atoms with E-state index in [1.165, 1.54) is 0 Å². The van der Waals surface area contributed by atoms with Crippen LogP contribution in [0.1, 0.15) is 0 Å². The first-order chi connectivity index (χ1) is 3.91. The number of hydrogen-bond acceptors (Lipinski definition) is 1. The summed E-state index contributed by atoms with van der Waals surface area (Å²) < 4.78 is 4.74. The molecule has 0 atom stereocenters. The SMILES string of the molecule is C#C[Si]C=CCOC. The number of ether oxygens (including phenoxy) is 1.